The van der Waals surface area contributed by atoms with Crippen molar-refractivity contribution in [3.63, 3.8) is 0 Å². The molecule has 0 aromatic heterocycles. The number of benzene rings is 2. The van der Waals surface area contributed by atoms with Crippen LogP contribution in [-0.4, -0.2) is 16.9 Å². The van der Waals surface area contributed by atoms with Crippen LogP contribution in [0.5, 0.6) is 0 Å². The van der Waals surface area contributed by atoms with E-state index in [4.69, 9.17) is 18.0 Å². The summed E-state index contributed by atoms with van der Waals surface area (Å²) in [7, 11) is 2.05. The average Bonchev–Trinajstić information content (AvgIpc) is 2.42. The third-order valence-corrected chi connectivity index (χ3v) is 3.60. The molecule has 0 bridgehead atoms. The van der Waals surface area contributed by atoms with Gasteiger partial charge in [0.1, 0.15) is 0 Å². The van der Waals surface area contributed by atoms with Gasteiger partial charge in [-0.05, 0) is 25.1 Å². The highest BCUT2D eigenvalue weighted by Gasteiger charge is 2.19. The minimum absolute atomic E-state index is 0.0363. The molecule has 0 heterocycles. The fraction of sp³-hybridized carbons (Fsp3) is 0.235. The molecule has 0 aliphatic rings. The van der Waals surface area contributed by atoms with Crippen molar-refractivity contribution in [2.24, 2.45) is 5.73 Å². The van der Waals surface area contributed by atoms with Crippen molar-refractivity contribution in [2.75, 3.05) is 7.05 Å². The Kier molecular flexibility index (Phi) is 4.88. The van der Waals surface area contributed by atoms with Crippen molar-refractivity contribution < 1.29 is 0 Å². The van der Waals surface area contributed by atoms with Crippen LogP contribution in [0.25, 0.3) is 0 Å². The van der Waals surface area contributed by atoms with Crippen LogP contribution >= 0.6 is 12.2 Å². The molecule has 0 saturated carbocycles. The number of likely N-dealkylation sites (N-methyl/N-ethyl adjacent to an activating group) is 1. The van der Waals surface area contributed by atoms with Crippen LogP contribution in [-0.2, 0) is 6.54 Å². The van der Waals surface area contributed by atoms with E-state index < -0.39 is 0 Å². The lowest BCUT2D eigenvalue weighted by Gasteiger charge is -2.27. The van der Waals surface area contributed by atoms with Crippen LogP contribution in [0.2, 0.25) is 0 Å². The highest BCUT2D eigenvalue weighted by Crippen LogP contribution is 2.22. The quantitative estimate of drug-likeness (QED) is 0.853. The Morgan fingerprint density at radius 2 is 1.70 bits per heavy atom. The molecular weight excluding hydrogens is 264 g/mol. The second kappa shape index (κ2) is 6.64. The van der Waals surface area contributed by atoms with E-state index in [1.165, 1.54) is 11.1 Å². The Labute approximate surface area is 126 Å². The van der Waals surface area contributed by atoms with E-state index in [-0.39, 0.29) is 6.04 Å². The molecule has 1 unspecified atom stereocenters. The lowest BCUT2D eigenvalue weighted by atomic mass is 10.0. The average molecular weight is 284 g/mol. The van der Waals surface area contributed by atoms with Gasteiger partial charge in [-0.3, -0.25) is 4.90 Å². The van der Waals surface area contributed by atoms with E-state index >= 15 is 0 Å². The number of nitrogens with two attached hydrogens (primary N) is 1. The lowest BCUT2D eigenvalue weighted by molar-refractivity contribution is 0.293. The lowest BCUT2D eigenvalue weighted by Crippen LogP contribution is -2.33. The monoisotopic (exact) mass is 284 g/mol. The molecule has 2 aromatic rings. The minimum atomic E-state index is -0.0363. The fourth-order valence-corrected chi connectivity index (χ4v) is 2.66. The Morgan fingerprint density at radius 3 is 2.25 bits per heavy atom. The Bertz CT molecular complexity index is 563. The zero-order valence-electron chi connectivity index (χ0n) is 11.9. The van der Waals surface area contributed by atoms with Gasteiger partial charge in [0.15, 0.2) is 0 Å². The molecule has 2 N–H and O–H groups in total. The molecule has 104 valence electrons. The highest BCUT2D eigenvalue weighted by atomic mass is 32.1. The standard InChI is InChI=1S/C17H20N2S/c1-13-8-10-15(11-9-13)16(17(18)20)19(2)12-14-6-4-3-5-7-14/h3-11,16H,12H2,1-2H3,(H2,18,20). The highest BCUT2D eigenvalue weighted by molar-refractivity contribution is 7.80. The van der Waals surface area contributed by atoms with Gasteiger partial charge in [0, 0.05) is 6.54 Å². The third kappa shape index (κ3) is 3.65. The van der Waals surface area contributed by atoms with Crippen LogP contribution in [0.1, 0.15) is 22.7 Å². The third-order valence-electron chi connectivity index (χ3n) is 3.38. The van der Waals surface area contributed by atoms with Crippen LogP contribution in [0.15, 0.2) is 54.6 Å². The number of hydrogen-bond acceptors (Lipinski definition) is 2. The predicted octanol–water partition coefficient (Wildman–Crippen LogP) is 3.45. The van der Waals surface area contributed by atoms with Crippen LogP contribution in [0.3, 0.4) is 0 Å². The van der Waals surface area contributed by atoms with Crippen molar-refractivity contribution >= 4 is 17.2 Å². The SMILES string of the molecule is Cc1ccc(C(C(N)=S)N(C)Cc2ccccc2)cc1. The summed E-state index contributed by atoms with van der Waals surface area (Å²) in [5, 5.41) is 0. The van der Waals surface area contributed by atoms with Gasteiger partial charge in [-0.25, -0.2) is 0 Å². The topological polar surface area (TPSA) is 29.3 Å². The van der Waals surface area contributed by atoms with E-state index in [0.717, 1.165) is 12.1 Å². The molecule has 0 spiro atoms. The summed E-state index contributed by atoms with van der Waals surface area (Å²) < 4.78 is 0. The maximum atomic E-state index is 5.95. The zero-order valence-corrected chi connectivity index (χ0v) is 12.7. The number of nitrogens with zero attached hydrogens (tertiary/aromatic N) is 1. The summed E-state index contributed by atoms with van der Waals surface area (Å²) >= 11 is 5.26. The molecule has 0 radical (unpaired) electrons. The summed E-state index contributed by atoms with van der Waals surface area (Å²) in [6, 6.07) is 18.7. The first kappa shape index (κ1) is 14.7. The van der Waals surface area contributed by atoms with E-state index in [1.54, 1.807) is 0 Å². The molecule has 2 rings (SSSR count). The maximum absolute atomic E-state index is 5.95. The summed E-state index contributed by atoms with van der Waals surface area (Å²) in [5.41, 5.74) is 9.58. The first-order valence-electron chi connectivity index (χ1n) is 6.68. The van der Waals surface area contributed by atoms with Crippen molar-refractivity contribution in [3.8, 4) is 0 Å². The van der Waals surface area contributed by atoms with Crippen molar-refractivity contribution in [1.82, 2.24) is 4.90 Å². The van der Waals surface area contributed by atoms with Crippen molar-refractivity contribution in [3.05, 3.63) is 71.3 Å². The molecule has 0 saturated heterocycles. The maximum Gasteiger partial charge on any atom is 0.0948 e. The minimum Gasteiger partial charge on any atom is -0.392 e. The smallest absolute Gasteiger partial charge is 0.0948 e. The molecular formula is C17H20N2S. The summed E-state index contributed by atoms with van der Waals surface area (Å²) in [5.74, 6) is 0. The van der Waals surface area contributed by atoms with Crippen LogP contribution in [0.4, 0.5) is 0 Å². The Morgan fingerprint density at radius 1 is 1.10 bits per heavy atom. The summed E-state index contributed by atoms with van der Waals surface area (Å²) in [6.45, 7) is 2.89. The van der Waals surface area contributed by atoms with Crippen molar-refractivity contribution in [1.29, 1.82) is 0 Å². The normalized spacial score (nSPS) is 12.3. The van der Waals surface area contributed by atoms with E-state index in [1.807, 2.05) is 18.2 Å². The molecule has 1 atom stereocenters. The fourth-order valence-electron chi connectivity index (χ4n) is 2.35. The zero-order chi connectivity index (χ0) is 14.5. The van der Waals surface area contributed by atoms with Gasteiger partial charge in [0.2, 0.25) is 0 Å². The van der Waals surface area contributed by atoms with Crippen LogP contribution in [0, 0.1) is 6.92 Å². The van der Waals surface area contributed by atoms with E-state index in [9.17, 15) is 0 Å². The number of hydrogen-bond donors (Lipinski definition) is 1. The van der Waals surface area contributed by atoms with Gasteiger partial charge in [-0.2, -0.15) is 0 Å². The summed E-state index contributed by atoms with van der Waals surface area (Å²) in [6.07, 6.45) is 0. The van der Waals surface area contributed by atoms with Gasteiger partial charge in [0.25, 0.3) is 0 Å². The predicted molar refractivity (Wildman–Crippen MR) is 88.6 cm³/mol. The Hall–Kier alpha value is -1.71. The van der Waals surface area contributed by atoms with Gasteiger partial charge >= 0.3 is 0 Å². The van der Waals surface area contributed by atoms with Crippen molar-refractivity contribution in [2.45, 2.75) is 19.5 Å². The number of thiocarbonyl (C=S) groups is 1. The van der Waals surface area contributed by atoms with Gasteiger partial charge in [-0.1, -0.05) is 72.4 Å². The second-order valence-corrected chi connectivity index (χ2v) is 5.59. The van der Waals surface area contributed by atoms with Crippen LogP contribution < -0.4 is 5.73 Å². The molecule has 0 aliphatic carbocycles. The molecule has 3 heteroatoms. The number of rotatable bonds is 5. The van der Waals surface area contributed by atoms with E-state index in [2.05, 4.69) is 55.3 Å². The first-order valence-corrected chi connectivity index (χ1v) is 7.09. The first-order chi connectivity index (χ1) is 9.58. The molecule has 0 amide bonds. The molecule has 20 heavy (non-hydrogen) atoms. The summed E-state index contributed by atoms with van der Waals surface area (Å²) in [4.78, 5) is 2.69. The van der Waals surface area contributed by atoms with Gasteiger partial charge in [0.05, 0.1) is 11.0 Å². The van der Waals surface area contributed by atoms with Gasteiger partial charge < -0.3 is 5.73 Å². The molecule has 0 fully saturated rings. The van der Waals surface area contributed by atoms with E-state index in [0.29, 0.717) is 4.99 Å². The second-order valence-electron chi connectivity index (χ2n) is 5.12. The van der Waals surface area contributed by atoms with Gasteiger partial charge in [-0.15, -0.1) is 0 Å². The molecule has 2 aromatic carbocycles. The molecule has 0 aliphatic heterocycles. The Balaban J connectivity index is 2.20. The largest absolute Gasteiger partial charge is 0.392 e. The number of aryl methyl sites for hydroxylation is 1. The molecule has 2 nitrogen and oxygen atoms in total.